The van der Waals surface area contributed by atoms with Crippen LogP contribution < -0.4 is 0 Å². The fourth-order valence-electron chi connectivity index (χ4n) is 3.28. The van der Waals surface area contributed by atoms with Gasteiger partial charge in [0.25, 0.3) is 0 Å². The quantitative estimate of drug-likeness (QED) is 0.662. The van der Waals surface area contributed by atoms with Crippen molar-refractivity contribution in [2.45, 2.75) is 107 Å². The van der Waals surface area contributed by atoms with Crippen LogP contribution in [0, 0.1) is 0 Å². The minimum atomic E-state index is -0.160. The molecule has 0 unspecified atom stereocenters. The van der Waals surface area contributed by atoms with E-state index in [2.05, 4.69) is 59.7 Å². The number of hydrogen-bond donors (Lipinski definition) is 1. The van der Waals surface area contributed by atoms with E-state index in [1.807, 2.05) is 11.8 Å². The normalized spacial score (nSPS) is 23.6. The minimum absolute atomic E-state index is 0.149. The highest BCUT2D eigenvalue weighted by Gasteiger charge is 2.25. The van der Waals surface area contributed by atoms with Crippen molar-refractivity contribution in [2.24, 2.45) is 0 Å². The molecule has 24 heavy (non-hydrogen) atoms. The smallest absolute Gasteiger partial charge is 0.0662 e. The van der Waals surface area contributed by atoms with Gasteiger partial charge in [0.1, 0.15) is 0 Å². The van der Waals surface area contributed by atoms with Crippen LogP contribution >= 0.6 is 11.8 Å². The zero-order valence-corrected chi connectivity index (χ0v) is 17.3. The van der Waals surface area contributed by atoms with Crippen molar-refractivity contribution in [3.8, 4) is 0 Å². The lowest BCUT2D eigenvalue weighted by molar-refractivity contribution is 0.148. The Balaban J connectivity index is 2.30. The van der Waals surface area contributed by atoms with Crippen LogP contribution in [0.1, 0.15) is 91.2 Å². The highest BCUT2D eigenvalue weighted by atomic mass is 32.2. The van der Waals surface area contributed by atoms with E-state index >= 15 is 0 Å². The van der Waals surface area contributed by atoms with E-state index in [-0.39, 0.29) is 16.9 Å². The lowest BCUT2D eigenvalue weighted by Crippen LogP contribution is -2.24. The Hall–Kier alpha value is -0.470. The zero-order chi connectivity index (χ0) is 18.0. The van der Waals surface area contributed by atoms with Crippen molar-refractivity contribution in [1.82, 2.24) is 0 Å². The standard InChI is InChI=1S/C22H36OS/c1-21(2,3)16-13-17(22(4,5)6)15-18(14-16)24-20-12-10-8-7-9-11-19(20)23/h13-15,19-20,23H,7-12H2,1-6H3/t19-,20-/m0/s1. The van der Waals surface area contributed by atoms with Crippen molar-refractivity contribution in [3.63, 3.8) is 0 Å². The average Bonchev–Trinajstić information content (AvgIpc) is 2.45. The molecule has 0 aliphatic heterocycles. The van der Waals surface area contributed by atoms with Crippen LogP contribution in [0.4, 0.5) is 0 Å². The largest absolute Gasteiger partial charge is 0.392 e. The maximum atomic E-state index is 10.6. The molecule has 1 aromatic carbocycles. The van der Waals surface area contributed by atoms with Crippen LogP contribution in [0.2, 0.25) is 0 Å². The number of hydrogen-bond acceptors (Lipinski definition) is 2. The van der Waals surface area contributed by atoms with Gasteiger partial charge in [0.15, 0.2) is 0 Å². The number of aliphatic hydroxyl groups is 1. The molecular formula is C22H36OS. The van der Waals surface area contributed by atoms with Crippen molar-refractivity contribution < 1.29 is 5.11 Å². The Kier molecular flexibility index (Phi) is 6.47. The summed E-state index contributed by atoms with van der Waals surface area (Å²) in [6.07, 6.45) is 6.96. The Bertz CT molecular complexity index is 504. The second-order valence-electron chi connectivity index (χ2n) is 9.46. The van der Waals surface area contributed by atoms with Crippen LogP contribution in [0.15, 0.2) is 23.1 Å². The van der Waals surface area contributed by atoms with E-state index in [9.17, 15) is 5.11 Å². The van der Waals surface area contributed by atoms with Gasteiger partial charge in [-0.1, -0.05) is 73.3 Å². The summed E-state index contributed by atoms with van der Waals surface area (Å²) in [5.74, 6) is 0. The second-order valence-corrected chi connectivity index (χ2v) is 10.8. The van der Waals surface area contributed by atoms with E-state index in [4.69, 9.17) is 0 Å². The molecule has 0 heterocycles. The molecule has 0 amide bonds. The van der Waals surface area contributed by atoms with E-state index in [1.165, 1.54) is 41.7 Å². The summed E-state index contributed by atoms with van der Waals surface area (Å²) < 4.78 is 0. The average molecular weight is 349 g/mol. The molecule has 0 radical (unpaired) electrons. The Morgan fingerprint density at radius 3 is 1.79 bits per heavy atom. The zero-order valence-electron chi connectivity index (χ0n) is 16.5. The molecule has 2 atom stereocenters. The van der Waals surface area contributed by atoms with Gasteiger partial charge in [-0.3, -0.25) is 0 Å². The predicted molar refractivity (Wildman–Crippen MR) is 107 cm³/mol. The van der Waals surface area contributed by atoms with Gasteiger partial charge in [-0.05, 0) is 46.9 Å². The number of benzene rings is 1. The first-order chi connectivity index (χ1) is 11.1. The molecule has 1 aliphatic carbocycles. The van der Waals surface area contributed by atoms with Gasteiger partial charge in [0, 0.05) is 10.1 Å². The van der Waals surface area contributed by atoms with Crippen LogP contribution in [0.25, 0.3) is 0 Å². The topological polar surface area (TPSA) is 20.2 Å². The fourth-order valence-corrected chi connectivity index (χ4v) is 4.59. The minimum Gasteiger partial charge on any atom is -0.392 e. The van der Waals surface area contributed by atoms with Gasteiger partial charge in [0.05, 0.1) is 6.10 Å². The molecule has 2 rings (SSSR count). The Morgan fingerprint density at radius 2 is 1.29 bits per heavy atom. The summed E-state index contributed by atoms with van der Waals surface area (Å²) in [4.78, 5) is 1.33. The van der Waals surface area contributed by atoms with Crippen LogP contribution in [0.3, 0.4) is 0 Å². The van der Waals surface area contributed by atoms with E-state index in [0.29, 0.717) is 5.25 Å². The molecule has 1 N–H and O–H groups in total. The number of thioether (sulfide) groups is 1. The fraction of sp³-hybridized carbons (Fsp3) is 0.727. The van der Waals surface area contributed by atoms with Crippen molar-refractivity contribution in [1.29, 1.82) is 0 Å². The third-order valence-corrected chi connectivity index (χ3v) is 6.45. The molecule has 136 valence electrons. The first-order valence-electron chi connectivity index (χ1n) is 9.58. The molecule has 1 saturated carbocycles. The van der Waals surface area contributed by atoms with Crippen LogP contribution in [0.5, 0.6) is 0 Å². The molecule has 0 bridgehead atoms. The maximum absolute atomic E-state index is 10.6. The highest BCUT2D eigenvalue weighted by Crippen LogP contribution is 2.37. The summed E-state index contributed by atoms with van der Waals surface area (Å²) in [7, 11) is 0. The SMILES string of the molecule is CC(C)(C)c1cc(S[C@H]2CCCCCC[C@@H]2O)cc(C(C)(C)C)c1. The van der Waals surface area contributed by atoms with Crippen molar-refractivity contribution >= 4 is 11.8 Å². The molecule has 0 saturated heterocycles. The van der Waals surface area contributed by atoms with E-state index < -0.39 is 0 Å². The van der Waals surface area contributed by atoms with Gasteiger partial charge < -0.3 is 5.11 Å². The lowest BCUT2D eigenvalue weighted by atomic mass is 9.81. The molecule has 0 aromatic heterocycles. The third-order valence-electron chi connectivity index (χ3n) is 5.09. The molecule has 1 aliphatic rings. The van der Waals surface area contributed by atoms with E-state index in [1.54, 1.807) is 0 Å². The molecule has 1 fully saturated rings. The Labute approximate surface area is 153 Å². The summed E-state index contributed by atoms with van der Waals surface area (Å²) in [5.41, 5.74) is 3.10. The van der Waals surface area contributed by atoms with Crippen LogP contribution in [-0.4, -0.2) is 16.5 Å². The number of aliphatic hydroxyl groups excluding tert-OH is 1. The first kappa shape index (κ1) is 19.8. The van der Waals surface area contributed by atoms with Gasteiger partial charge >= 0.3 is 0 Å². The lowest BCUT2D eigenvalue weighted by Gasteiger charge is -2.28. The molecule has 2 heteroatoms. The van der Waals surface area contributed by atoms with Gasteiger partial charge in [-0.15, -0.1) is 11.8 Å². The summed E-state index contributed by atoms with van der Waals surface area (Å²) in [5, 5.41) is 10.9. The predicted octanol–water partition coefficient (Wildman–Crippen LogP) is 6.46. The molecule has 1 nitrogen and oxygen atoms in total. The monoisotopic (exact) mass is 348 g/mol. The molecular weight excluding hydrogens is 312 g/mol. The van der Waals surface area contributed by atoms with Crippen molar-refractivity contribution in [2.75, 3.05) is 0 Å². The van der Waals surface area contributed by atoms with Gasteiger partial charge in [0.2, 0.25) is 0 Å². The summed E-state index contributed by atoms with van der Waals surface area (Å²) in [6, 6.07) is 7.08. The second kappa shape index (κ2) is 7.83. The molecule has 0 spiro atoms. The molecule has 1 aromatic rings. The summed E-state index contributed by atoms with van der Waals surface area (Å²) >= 11 is 1.91. The maximum Gasteiger partial charge on any atom is 0.0662 e. The Morgan fingerprint density at radius 1 is 0.792 bits per heavy atom. The van der Waals surface area contributed by atoms with Gasteiger partial charge in [-0.2, -0.15) is 0 Å². The highest BCUT2D eigenvalue weighted by molar-refractivity contribution is 8.00. The first-order valence-corrected chi connectivity index (χ1v) is 10.5. The van der Waals surface area contributed by atoms with Crippen LogP contribution in [-0.2, 0) is 10.8 Å². The summed E-state index contributed by atoms with van der Waals surface area (Å²) in [6.45, 7) is 13.7. The number of rotatable bonds is 2. The third kappa shape index (κ3) is 5.52. The van der Waals surface area contributed by atoms with E-state index in [0.717, 1.165) is 12.8 Å². The van der Waals surface area contributed by atoms with Crippen molar-refractivity contribution in [3.05, 3.63) is 29.3 Å². The van der Waals surface area contributed by atoms with Gasteiger partial charge in [-0.25, -0.2) is 0 Å².